The zero-order valence-electron chi connectivity index (χ0n) is 7.92. The van der Waals surface area contributed by atoms with Gasteiger partial charge >= 0.3 is 0 Å². The number of aromatic nitrogens is 1. The monoisotopic (exact) mass is 199 g/mol. The van der Waals surface area contributed by atoms with Crippen LogP contribution in [-0.4, -0.2) is 10.9 Å². The lowest BCUT2D eigenvalue weighted by Gasteiger charge is -1.95. The number of hydrogen-bond acceptors (Lipinski definition) is 4. The van der Waals surface area contributed by atoms with Gasteiger partial charge in [-0.25, -0.2) is 10.8 Å². The van der Waals surface area contributed by atoms with Crippen molar-refractivity contribution in [2.75, 3.05) is 0 Å². The molecule has 0 radical (unpaired) electrons. The van der Waals surface area contributed by atoms with Gasteiger partial charge in [0.1, 0.15) is 4.88 Å². The van der Waals surface area contributed by atoms with Gasteiger partial charge in [0.15, 0.2) is 0 Å². The third kappa shape index (κ3) is 2.05. The molecule has 5 heteroatoms. The van der Waals surface area contributed by atoms with Gasteiger partial charge in [0.2, 0.25) is 0 Å². The molecular weight excluding hydrogens is 186 g/mol. The SMILES string of the molecule is Cc1nc(C(C)C)sc1C(=O)NN. The summed E-state index contributed by atoms with van der Waals surface area (Å²) in [5.74, 6) is 5.13. The number of thiazole rings is 1. The number of carbonyl (C=O) groups excluding carboxylic acids is 1. The summed E-state index contributed by atoms with van der Waals surface area (Å²) in [6.45, 7) is 5.90. The number of hydrogen-bond donors (Lipinski definition) is 2. The van der Waals surface area contributed by atoms with Crippen LogP contribution in [0.2, 0.25) is 0 Å². The third-order valence-electron chi connectivity index (χ3n) is 1.64. The Bertz CT molecular complexity index is 319. The second-order valence-electron chi connectivity index (χ2n) is 3.09. The first kappa shape index (κ1) is 10.1. The molecule has 0 fully saturated rings. The van der Waals surface area contributed by atoms with Crippen LogP contribution in [-0.2, 0) is 0 Å². The Hall–Kier alpha value is -0.940. The Morgan fingerprint density at radius 1 is 1.62 bits per heavy atom. The molecule has 1 amide bonds. The highest BCUT2D eigenvalue weighted by molar-refractivity contribution is 7.13. The van der Waals surface area contributed by atoms with Gasteiger partial charge < -0.3 is 0 Å². The molecule has 0 aliphatic carbocycles. The van der Waals surface area contributed by atoms with E-state index in [1.807, 2.05) is 20.8 Å². The molecule has 0 saturated carbocycles. The van der Waals surface area contributed by atoms with Crippen molar-refractivity contribution in [2.24, 2.45) is 5.84 Å². The number of nitrogens with one attached hydrogen (secondary N) is 1. The van der Waals surface area contributed by atoms with Crippen molar-refractivity contribution in [3.05, 3.63) is 15.6 Å². The largest absolute Gasteiger partial charge is 0.289 e. The summed E-state index contributed by atoms with van der Waals surface area (Å²) in [6.07, 6.45) is 0. The van der Waals surface area contributed by atoms with Crippen LogP contribution in [0.15, 0.2) is 0 Å². The van der Waals surface area contributed by atoms with Gasteiger partial charge in [-0.2, -0.15) is 0 Å². The third-order valence-corrected chi connectivity index (χ3v) is 3.10. The molecule has 0 spiro atoms. The number of amides is 1. The second-order valence-corrected chi connectivity index (χ2v) is 4.13. The smallest absolute Gasteiger partial charge is 0.277 e. The van der Waals surface area contributed by atoms with Gasteiger partial charge in [0, 0.05) is 5.92 Å². The van der Waals surface area contributed by atoms with Crippen LogP contribution in [0, 0.1) is 6.92 Å². The molecular formula is C8H13N3OS. The average molecular weight is 199 g/mol. The van der Waals surface area contributed by atoms with E-state index in [0.29, 0.717) is 10.8 Å². The van der Waals surface area contributed by atoms with E-state index in [1.165, 1.54) is 11.3 Å². The van der Waals surface area contributed by atoms with E-state index in [1.54, 1.807) is 0 Å². The van der Waals surface area contributed by atoms with Crippen molar-refractivity contribution in [1.82, 2.24) is 10.4 Å². The van der Waals surface area contributed by atoms with E-state index in [-0.39, 0.29) is 5.91 Å². The highest BCUT2D eigenvalue weighted by Gasteiger charge is 2.15. The predicted molar refractivity (Wildman–Crippen MR) is 52.6 cm³/mol. The van der Waals surface area contributed by atoms with E-state index >= 15 is 0 Å². The molecule has 3 N–H and O–H groups in total. The Kier molecular flexibility index (Phi) is 3.00. The summed E-state index contributed by atoms with van der Waals surface area (Å²) in [4.78, 5) is 16.1. The first-order valence-electron chi connectivity index (χ1n) is 4.04. The van der Waals surface area contributed by atoms with Crippen LogP contribution >= 0.6 is 11.3 Å². The van der Waals surface area contributed by atoms with Crippen molar-refractivity contribution < 1.29 is 4.79 Å². The number of nitrogens with zero attached hydrogens (tertiary/aromatic N) is 1. The van der Waals surface area contributed by atoms with Gasteiger partial charge in [-0.05, 0) is 6.92 Å². The predicted octanol–water partition coefficient (Wildman–Crippen LogP) is 1.18. The van der Waals surface area contributed by atoms with Crippen molar-refractivity contribution in [3.8, 4) is 0 Å². The van der Waals surface area contributed by atoms with Crippen molar-refractivity contribution in [2.45, 2.75) is 26.7 Å². The second kappa shape index (κ2) is 3.85. The van der Waals surface area contributed by atoms with Crippen LogP contribution < -0.4 is 11.3 Å². The van der Waals surface area contributed by atoms with Crippen molar-refractivity contribution in [1.29, 1.82) is 0 Å². The fourth-order valence-corrected chi connectivity index (χ4v) is 1.91. The summed E-state index contributed by atoms with van der Waals surface area (Å²) in [5.41, 5.74) is 2.85. The summed E-state index contributed by atoms with van der Waals surface area (Å²) >= 11 is 1.40. The lowest BCUT2D eigenvalue weighted by Crippen LogP contribution is -2.29. The Morgan fingerprint density at radius 3 is 2.62 bits per heavy atom. The fraction of sp³-hybridized carbons (Fsp3) is 0.500. The maximum absolute atomic E-state index is 11.2. The summed E-state index contributed by atoms with van der Waals surface area (Å²) < 4.78 is 0. The molecule has 0 aliphatic heterocycles. The van der Waals surface area contributed by atoms with Crippen LogP contribution in [0.5, 0.6) is 0 Å². The first-order valence-corrected chi connectivity index (χ1v) is 4.86. The van der Waals surface area contributed by atoms with Crippen LogP contribution in [0.1, 0.15) is 40.1 Å². The Morgan fingerprint density at radius 2 is 2.23 bits per heavy atom. The fourth-order valence-electron chi connectivity index (χ4n) is 0.940. The van der Waals surface area contributed by atoms with E-state index in [4.69, 9.17) is 5.84 Å². The highest BCUT2D eigenvalue weighted by atomic mass is 32.1. The van der Waals surface area contributed by atoms with E-state index in [9.17, 15) is 4.79 Å². The minimum Gasteiger partial charge on any atom is -0.289 e. The van der Waals surface area contributed by atoms with Crippen molar-refractivity contribution in [3.63, 3.8) is 0 Å². The molecule has 0 bridgehead atoms. The number of aryl methyl sites for hydroxylation is 1. The molecule has 1 aromatic rings. The molecule has 1 aromatic heterocycles. The van der Waals surface area contributed by atoms with E-state index in [2.05, 4.69) is 10.4 Å². The maximum atomic E-state index is 11.2. The number of carbonyl (C=O) groups is 1. The zero-order chi connectivity index (χ0) is 10.0. The van der Waals surface area contributed by atoms with Gasteiger partial charge in [-0.1, -0.05) is 13.8 Å². The maximum Gasteiger partial charge on any atom is 0.277 e. The molecule has 0 aromatic carbocycles. The number of rotatable bonds is 2. The molecule has 72 valence electrons. The van der Waals surface area contributed by atoms with E-state index in [0.717, 1.165) is 10.7 Å². The van der Waals surface area contributed by atoms with Gasteiger partial charge in [0.25, 0.3) is 5.91 Å². The first-order chi connectivity index (χ1) is 6.06. The number of nitrogens with two attached hydrogens (primary N) is 1. The van der Waals surface area contributed by atoms with Crippen LogP contribution in [0.4, 0.5) is 0 Å². The van der Waals surface area contributed by atoms with Gasteiger partial charge in [-0.15, -0.1) is 11.3 Å². The van der Waals surface area contributed by atoms with E-state index < -0.39 is 0 Å². The quantitative estimate of drug-likeness (QED) is 0.427. The Balaban J connectivity index is 3.03. The van der Waals surface area contributed by atoms with Crippen LogP contribution in [0.3, 0.4) is 0 Å². The minimum absolute atomic E-state index is 0.262. The molecule has 13 heavy (non-hydrogen) atoms. The Labute approximate surface area is 81.1 Å². The molecule has 0 aliphatic rings. The summed E-state index contributed by atoms with van der Waals surface area (Å²) in [6, 6.07) is 0. The molecule has 1 rings (SSSR count). The zero-order valence-corrected chi connectivity index (χ0v) is 8.73. The molecule has 0 atom stereocenters. The molecule has 4 nitrogen and oxygen atoms in total. The summed E-state index contributed by atoms with van der Waals surface area (Å²) in [7, 11) is 0. The molecule has 0 unspecified atom stereocenters. The average Bonchev–Trinajstić information content (AvgIpc) is 2.46. The number of hydrazine groups is 1. The number of nitrogen functional groups attached to an aromatic ring is 1. The van der Waals surface area contributed by atoms with Crippen LogP contribution in [0.25, 0.3) is 0 Å². The lowest BCUT2D eigenvalue weighted by atomic mass is 10.2. The summed E-state index contributed by atoms with van der Waals surface area (Å²) in [5, 5.41) is 0.969. The highest BCUT2D eigenvalue weighted by Crippen LogP contribution is 2.23. The normalized spacial score (nSPS) is 10.5. The van der Waals surface area contributed by atoms with Crippen molar-refractivity contribution >= 4 is 17.2 Å². The van der Waals surface area contributed by atoms with Gasteiger partial charge in [0.05, 0.1) is 10.7 Å². The topological polar surface area (TPSA) is 68.0 Å². The standard InChI is InChI=1S/C8H13N3OS/c1-4(2)8-10-5(3)6(13-8)7(12)11-9/h4H,9H2,1-3H3,(H,11,12). The molecule has 1 heterocycles. The van der Waals surface area contributed by atoms with Gasteiger partial charge in [-0.3, -0.25) is 10.2 Å². The minimum atomic E-state index is -0.262. The lowest BCUT2D eigenvalue weighted by molar-refractivity contribution is 0.0957. The molecule has 0 saturated heterocycles.